The Morgan fingerprint density at radius 2 is 1.71 bits per heavy atom. The van der Waals surface area contributed by atoms with Crippen molar-refractivity contribution in [1.82, 2.24) is 4.90 Å². The van der Waals surface area contributed by atoms with E-state index in [4.69, 9.17) is 5.26 Å². The Kier molecular flexibility index (Phi) is 4.67. The first-order valence-electron chi connectivity index (χ1n) is 6.73. The van der Waals surface area contributed by atoms with Crippen LogP contribution in [0, 0.1) is 11.3 Å². The third-order valence-corrected chi connectivity index (χ3v) is 3.23. The van der Waals surface area contributed by atoms with Crippen molar-refractivity contribution in [2.75, 3.05) is 11.9 Å². The molecule has 1 aromatic carbocycles. The molecule has 1 saturated heterocycles. The maximum atomic E-state index is 11.9. The van der Waals surface area contributed by atoms with E-state index in [1.54, 1.807) is 24.3 Å². The molecule has 6 heteroatoms. The third kappa shape index (κ3) is 3.89. The average molecular weight is 285 g/mol. The topological polar surface area (TPSA) is 90.3 Å². The van der Waals surface area contributed by atoms with Crippen molar-refractivity contribution in [3.63, 3.8) is 0 Å². The lowest BCUT2D eigenvalue weighted by atomic mass is 10.2. The molecule has 0 aromatic heterocycles. The molecule has 1 aromatic rings. The molecule has 2 rings (SSSR count). The highest BCUT2D eigenvalue weighted by Crippen LogP contribution is 2.13. The maximum absolute atomic E-state index is 11.9. The number of anilines is 1. The van der Waals surface area contributed by atoms with Crippen molar-refractivity contribution in [2.24, 2.45) is 0 Å². The molecule has 0 bridgehead atoms. The van der Waals surface area contributed by atoms with Gasteiger partial charge in [-0.05, 0) is 37.1 Å². The zero-order valence-electron chi connectivity index (χ0n) is 11.5. The van der Waals surface area contributed by atoms with Gasteiger partial charge in [-0.1, -0.05) is 0 Å². The highest BCUT2D eigenvalue weighted by Gasteiger charge is 2.25. The number of benzene rings is 1. The Morgan fingerprint density at radius 3 is 2.24 bits per heavy atom. The van der Waals surface area contributed by atoms with Gasteiger partial charge >= 0.3 is 0 Å². The minimum atomic E-state index is -0.427. The van der Waals surface area contributed by atoms with E-state index in [0.29, 0.717) is 36.9 Å². The van der Waals surface area contributed by atoms with E-state index in [2.05, 4.69) is 5.32 Å². The van der Waals surface area contributed by atoms with Gasteiger partial charge in [0.05, 0.1) is 11.6 Å². The summed E-state index contributed by atoms with van der Waals surface area (Å²) in [7, 11) is 0. The standard InChI is InChI=1S/C15H15N3O3/c16-9-11-5-7-12(8-6-11)17-13(19)10-18-14(20)3-1-2-4-15(18)21/h5-8H,1-4,10H2,(H,17,19). The predicted molar refractivity (Wildman–Crippen MR) is 75.0 cm³/mol. The molecular weight excluding hydrogens is 270 g/mol. The molecular formula is C15H15N3O3. The van der Waals surface area contributed by atoms with E-state index in [1.165, 1.54) is 0 Å². The summed E-state index contributed by atoms with van der Waals surface area (Å²) >= 11 is 0. The Bertz CT molecular complexity index is 584. The molecule has 1 aliphatic heterocycles. The number of nitrogens with one attached hydrogen (secondary N) is 1. The molecule has 0 spiro atoms. The minimum absolute atomic E-state index is 0.266. The van der Waals surface area contributed by atoms with Gasteiger partial charge in [0, 0.05) is 18.5 Å². The molecule has 3 amide bonds. The monoisotopic (exact) mass is 285 g/mol. The normalized spacial score (nSPS) is 15.3. The third-order valence-electron chi connectivity index (χ3n) is 3.23. The van der Waals surface area contributed by atoms with E-state index < -0.39 is 5.91 Å². The van der Waals surface area contributed by atoms with E-state index >= 15 is 0 Å². The molecule has 6 nitrogen and oxygen atoms in total. The summed E-state index contributed by atoms with van der Waals surface area (Å²) in [4.78, 5) is 36.5. The summed E-state index contributed by atoms with van der Waals surface area (Å²) in [5.74, 6) is -1.02. The highest BCUT2D eigenvalue weighted by atomic mass is 16.2. The zero-order chi connectivity index (χ0) is 15.2. The summed E-state index contributed by atoms with van der Waals surface area (Å²) in [6.07, 6.45) is 1.96. The van der Waals surface area contributed by atoms with E-state index in [9.17, 15) is 14.4 Å². The van der Waals surface area contributed by atoms with Gasteiger partial charge in [0.15, 0.2) is 0 Å². The van der Waals surface area contributed by atoms with Crippen LogP contribution in [0.3, 0.4) is 0 Å². The number of carbonyl (C=O) groups excluding carboxylic acids is 3. The van der Waals surface area contributed by atoms with Crippen molar-refractivity contribution in [3.8, 4) is 6.07 Å². The van der Waals surface area contributed by atoms with Crippen LogP contribution in [0.1, 0.15) is 31.2 Å². The molecule has 108 valence electrons. The highest BCUT2D eigenvalue weighted by molar-refractivity contribution is 6.02. The van der Waals surface area contributed by atoms with Crippen molar-refractivity contribution in [3.05, 3.63) is 29.8 Å². The molecule has 0 saturated carbocycles. The zero-order valence-corrected chi connectivity index (χ0v) is 11.5. The first-order chi connectivity index (χ1) is 10.1. The van der Waals surface area contributed by atoms with Crippen LogP contribution in [-0.2, 0) is 14.4 Å². The largest absolute Gasteiger partial charge is 0.325 e. The quantitative estimate of drug-likeness (QED) is 0.850. The fourth-order valence-electron chi connectivity index (χ4n) is 2.11. The van der Waals surface area contributed by atoms with Gasteiger partial charge in [-0.2, -0.15) is 5.26 Å². The summed E-state index contributed by atoms with van der Waals surface area (Å²) in [5, 5.41) is 11.3. The molecule has 1 fully saturated rings. The van der Waals surface area contributed by atoms with Crippen LogP contribution in [0.15, 0.2) is 24.3 Å². The predicted octanol–water partition coefficient (Wildman–Crippen LogP) is 1.43. The van der Waals surface area contributed by atoms with Crippen molar-refractivity contribution in [2.45, 2.75) is 25.7 Å². The van der Waals surface area contributed by atoms with Gasteiger partial charge in [0.25, 0.3) is 0 Å². The maximum Gasteiger partial charge on any atom is 0.244 e. The van der Waals surface area contributed by atoms with Gasteiger partial charge < -0.3 is 5.32 Å². The lowest BCUT2D eigenvalue weighted by molar-refractivity contribution is -0.146. The molecule has 0 aliphatic carbocycles. The van der Waals surface area contributed by atoms with Gasteiger partial charge in [-0.25, -0.2) is 0 Å². The molecule has 0 unspecified atom stereocenters. The molecule has 1 N–H and O–H groups in total. The van der Waals surface area contributed by atoms with Gasteiger partial charge in [-0.15, -0.1) is 0 Å². The van der Waals surface area contributed by atoms with E-state index in [-0.39, 0.29) is 18.4 Å². The molecule has 21 heavy (non-hydrogen) atoms. The summed E-state index contributed by atoms with van der Waals surface area (Å²) < 4.78 is 0. The Balaban J connectivity index is 1.98. The molecule has 0 atom stereocenters. The number of nitrogens with zero attached hydrogens (tertiary/aromatic N) is 2. The minimum Gasteiger partial charge on any atom is -0.325 e. The second-order valence-corrected chi connectivity index (χ2v) is 4.82. The van der Waals surface area contributed by atoms with Crippen LogP contribution in [0.5, 0.6) is 0 Å². The lowest BCUT2D eigenvalue weighted by Crippen LogP contribution is -2.41. The second kappa shape index (κ2) is 6.66. The second-order valence-electron chi connectivity index (χ2n) is 4.82. The van der Waals surface area contributed by atoms with Gasteiger partial charge in [0.1, 0.15) is 6.54 Å². The number of imide groups is 1. The van der Waals surface area contributed by atoms with Crippen LogP contribution in [0.25, 0.3) is 0 Å². The van der Waals surface area contributed by atoms with Crippen LogP contribution in [0.4, 0.5) is 5.69 Å². The first kappa shape index (κ1) is 14.7. The number of rotatable bonds is 3. The number of hydrogen-bond donors (Lipinski definition) is 1. The summed E-state index contributed by atoms with van der Waals surface area (Å²) in [6.45, 7) is -0.266. The number of carbonyl (C=O) groups is 3. The molecule has 0 radical (unpaired) electrons. The van der Waals surface area contributed by atoms with Gasteiger partial charge in [0.2, 0.25) is 17.7 Å². The van der Waals surface area contributed by atoms with Crippen LogP contribution < -0.4 is 5.32 Å². The fourth-order valence-corrected chi connectivity index (χ4v) is 2.11. The summed E-state index contributed by atoms with van der Waals surface area (Å²) in [5.41, 5.74) is 1.01. The lowest BCUT2D eigenvalue weighted by Gasteiger charge is -2.18. The SMILES string of the molecule is N#Cc1ccc(NC(=O)CN2C(=O)CCCCC2=O)cc1. The van der Waals surface area contributed by atoms with E-state index in [0.717, 1.165) is 4.90 Å². The molecule has 1 aliphatic rings. The smallest absolute Gasteiger partial charge is 0.244 e. The number of hydrogen-bond acceptors (Lipinski definition) is 4. The van der Waals surface area contributed by atoms with E-state index in [1.807, 2.05) is 6.07 Å². The van der Waals surface area contributed by atoms with Crippen molar-refractivity contribution >= 4 is 23.4 Å². The summed E-state index contributed by atoms with van der Waals surface area (Å²) in [6, 6.07) is 8.34. The number of amides is 3. The van der Waals surface area contributed by atoms with Crippen LogP contribution >= 0.6 is 0 Å². The van der Waals surface area contributed by atoms with Crippen molar-refractivity contribution in [1.29, 1.82) is 5.26 Å². The van der Waals surface area contributed by atoms with Crippen LogP contribution in [-0.4, -0.2) is 29.2 Å². The fraction of sp³-hybridized carbons (Fsp3) is 0.333. The first-order valence-corrected chi connectivity index (χ1v) is 6.73. The van der Waals surface area contributed by atoms with Gasteiger partial charge in [-0.3, -0.25) is 19.3 Å². The molecule has 1 heterocycles. The van der Waals surface area contributed by atoms with Crippen molar-refractivity contribution < 1.29 is 14.4 Å². The Hall–Kier alpha value is -2.68. The number of likely N-dealkylation sites (tertiary alicyclic amines) is 1. The average Bonchev–Trinajstić information content (AvgIpc) is 2.63. The number of nitriles is 1. The van der Waals surface area contributed by atoms with Crippen LogP contribution in [0.2, 0.25) is 0 Å². The Morgan fingerprint density at radius 1 is 1.14 bits per heavy atom. The Labute approximate surface area is 122 Å².